The number of amides is 3. The van der Waals surface area contributed by atoms with Crippen LogP contribution in [0.25, 0.3) is 6.08 Å². The van der Waals surface area contributed by atoms with E-state index < -0.39 is 11.8 Å². The lowest BCUT2D eigenvalue weighted by Crippen LogP contribution is -2.48. The van der Waals surface area contributed by atoms with Gasteiger partial charge in [-0.3, -0.25) is 30.6 Å². The van der Waals surface area contributed by atoms with Crippen molar-refractivity contribution in [2.75, 3.05) is 5.32 Å². The minimum atomic E-state index is -0.482. The molecule has 1 heterocycles. The van der Waals surface area contributed by atoms with Crippen molar-refractivity contribution in [1.82, 2.24) is 16.2 Å². The monoisotopic (exact) mass is 462 g/mol. The van der Waals surface area contributed by atoms with E-state index in [4.69, 9.17) is 16.6 Å². The van der Waals surface area contributed by atoms with Gasteiger partial charge in [0.1, 0.15) is 11.5 Å². The summed E-state index contributed by atoms with van der Waals surface area (Å²) in [6.07, 6.45) is 2.76. The average Bonchev–Trinajstić information content (AvgIpc) is 3.22. The maximum atomic E-state index is 12.4. The van der Waals surface area contributed by atoms with E-state index in [1.807, 2.05) is 19.1 Å². The number of anilines is 1. The second-order valence-corrected chi connectivity index (χ2v) is 7.43. The zero-order valence-electron chi connectivity index (χ0n) is 18.0. The Balaban J connectivity index is 1.46. The summed E-state index contributed by atoms with van der Waals surface area (Å²) in [6, 6.07) is 17.1. The Hall–Kier alpha value is -4.24. The first kappa shape index (κ1) is 23.4. The molecule has 0 saturated heterocycles. The smallest absolute Gasteiger partial charge is 0.269 e. The Morgan fingerprint density at radius 3 is 2.27 bits per heavy atom. The number of aryl methyl sites for hydroxylation is 2. The molecule has 1 aromatic heterocycles. The zero-order valence-corrected chi connectivity index (χ0v) is 18.8. The van der Waals surface area contributed by atoms with Gasteiger partial charge in [-0.2, -0.15) is 0 Å². The summed E-state index contributed by atoms with van der Waals surface area (Å²) in [4.78, 5) is 36.6. The van der Waals surface area contributed by atoms with Crippen molar-refractivity contribution in [2.24, 2.45) is 0 Å². The number of nitrogens with one attached hydrogen (secondary N) is 4. The van der Waals surface area contributed by atoms with E-state index in [-0.39, 0.29) is 11.0 Å². The minimum absolute atomic E-state index is 0.0734. The van der Waals surface area contributed by atoms with Gasteiger partial charge >= 0.3 is 0 Å². The summed E-state index contributed by atoms with van der Waals surface area (Å²) in [5.41, 5.74) is 7.19. The molecule has 0 radical (unpaired) electrons. The summed E-state index contributed by atoms with van der Waals surface area (Å²) in [7, 11) is 0. The third-order valence-corrected chi connectivity index (χ3v) is 4.69. The summed E-state index contributed by atoms with van der Waals surface area (Å²) >= 11 is 5.00. The van der Waals surface area contributed by atoms with Crippen molar-refractivity contribution in [3.05, 3.63) is 95.0 Å². The molecule has 0 unspecified atom stereocenters. The number of carbonyl (C=O) groups is 3. The van der Waals surface area contributed by atoms with Crippen molar-refractivity contribution >= 4 is 46.8 Å². The van der Waals surface area contributed by atoms with Crippen molar-refractivity contribution in [3.63, 3.8) is 0 Å². The van der Waals surface area contributed by atoms with E-state index in [0.29, 0.717) is 22.6 Å². The fraction of sp³-hybridized carbons (Fsp3) is 0.0833. The van der Waals surface area contributed by atoms with Crippen LogP contribution >= 0.6 is 12.2 Å². The first-order valence-corrected chi connectivity index (χ1v) is 10.4. The highest BCUT2D eigenvalue weighted by atomic mass is 32.1. The summed E-state index contributed by atoms with van der Waals surface area (Å²) in [5.74, 6) is 0.0869. The third-order valence-electron chi connectivity index (χ3n) is 4.48. The molecule has 0 bridgehead atoms. The number of hydrogen-bond donors (Lipinski definition) is 4. The second-order valence-electron chi connectivity index (χ2n) is 7.03. The minimum Gasteiger partial charge on any atom is -0.462 e. The maximum absolute atomic E-state index is 12.4. The molecule has 0 spiro atoms. The molecule has 9 heteroatoms. The van der Waals surface area contributed by atoms with Crippen molar-refractivity contribution in [2.45, 2.75) is 13.8 Å². The van der Waals surface area contributed by atoms with Gasteiger partial charge in [0.2, 0.25) is 5.91 Å². The van der Waals surface area contributed by atoms with E-state index >= 15 is 0 Å². The molecular weight excluding hydrogens is 440 g/mol. The lowest BCUT2D eigenvalue weighted by molar-refractivity contribution is -0.115. The topological polar surface area (TPSA) is 112 Å². The van der Waals surface area contributed by atoms with Gasteiger partial charge in [-0.25, -0.2) is 0 Å². The van der Waals surface area contributed by atoms with Gasteiger partial charge in [-0.05, 0) is 80.2 Å². The summed E-state index contributed by atoms with van der Waals surface area (Å²) < 4.78 is 5.33. The molecule has 0 aliphatic rings. The Bertz CT molecular complexity index is 1220. The standard InChI is InChI=1S/C24H22N4O4S/c1-15-5-3-4-6-20(15)23(31)25-18-10-8-17(9-11-18)22(30)27-28-24(33)26-21(29)14-13-19-12-7-16(2)32-19/h3-14H,1-2H3,(H,25,31)(H,27,30)(H2,26,28,29,33). The SMILES string of the molecule is Cc1ccc(C=CC(=O)NC(=S)NNC(=O)c2ccc(NC(=O)c3ccccc3C)cc2)o1. The van der Waals surface area contributed by atoms with Gasteiger partial charge in [0.05, 0.1) is 0 Å². The molecular formula is C24H22N4O4S. The van der Waals surface area contributed by atoms with Crippen LogP contribution in [-0.4, -0.2) is 22.8 Å². The first-order valence-electron chi connectivity index (χ1n) is 9.94. The normalized spacial score (nSPS) is 10.5. The van der Waals surface area contributed by atoms with E-state index in [0.717, 1.165) is 11.3 Å². The lowest BCUT2D eigenvalue weighted by Gasteiger charge is -2.11. The number of thiocarbonyl (C=S) groups is 1. The number of rotatable bonds is 5. The number of carbonyl (C=O) groups excluding carboxylic acids is 3. The van der Waals surface area contributed by atoms with Gasteiger partial charge < -0.3 is 9.73 Å². The molecule has 3 rings (SSSR count). The molecule has 168 valence electrons. The van der Waals surface area contributed by atoms with Gasteiger partial charge in [-0.1, -0.05) is 18.2 Å². The van der Waals surface area contributed by atoms with Crippen LogP contribution in [0, 0.1) is 13.8 Å². The van der Waals surface area contributed by atoms with E-state index in [2.05, 4.69) is 21.5 Å². The highest BCUT2D eigenvalue weighted by Gasteiger charge is 2.10. The molecule has 2 aromatic carbocycles. The largest absolute Gasteiger partial charge is 0.462 e. The average molecular weight is 463 g/mol. The fourth-order valence-corrected chi connectivity index (χ4v) is 2.95. The highest BCUT2D eigenvalue weighted by molar-refractivity contribution is 7.80. The maximum Gasteiger partial charge on any atom is 0.269 e. The predicted molar refractivity (Wildman–Crippen MR) is 129 cm³/mol. The van der Waals surface area contributed by atoms with Crippen LogP contribution in [0.5, 0.6) is 0 Å². The molecule has 33 heavy (non-hydrogen) atoms. The van der Waals surface area contributed by atoms with Crippen LogP contribution in [0.3, 0.4) is 0 Å². The molecule has 3 aromatic rings. The van der Waals surface area contributed by atoms with Crippen LogP contribution in [0.1, 0.15) is 37.8 Å². The Labute approximate surface area is 196 Å². The van der Waals surface area contributed by atoms with Crippen LogP contribution < -0.4 is 21.5 Å². The van der Waals surface area contributed by atoms with E-state index in [9.17, 15) is 14.4 Å². The molecule has 0 fully saturated rings. The summed E-state index contributed by atoms with van der Waals surface area (Å²) in [6.45, 7) is 3.66. The Morgan fingerprint density at radius 2 is 1.61 bits per heavy atom. The van der Waals surface area contributed by atoms with Crippen molar-refractivity contribution in [1.29, 1.82) is 0 Å². The van der Waals surface area contributed by atoms with E-state index in [1.165, 1.54) is 12.2 Å². The van der Waals surface area contributed by atoms with Crippen LogP contribution in [-0.2, 0) is 4.79 Å². The lowest BCUT2D eigenvalue weighted by atomic mass is 10.1. The number of hydrogen-bond acceptors (Lipinski definition) is 5. The first-order chi connectivity index (χ1) is 15.8. The van der Waals surface area contributed by atoms with E-state index in [1.54, 1.807) is 55.5 Å². The van der Waals surface area contributed by atoms with Gasteiger partial charge in [0, 0.05) is 22.9 Å². The van der Waals surface area contributed by atoms with Gasteiger partial charge in [0.25, 0.3) is 11.8 Å². The number of hydrazine groups is 1. The summed E-state index contributed by atoms with van der Waals surface area (Å²) in [5, 5.41) is 5.13. The highest BCUT2D eigenvalue weighted by Crippen LogP contribution is 2.13. The fourth-order valence-electron chi connectivity index (χ4n) is 2.80. The Morgan fingerprint density at radius 1 is 0.879 bits per heavy atom. The molecule has 0 aliphatic heterocycles. The number of benzene rings is 2. The zero-order chi connectivity index (χ0) is 23.8. The molecule has 8 nitrogen and oxygen atoms in total. The second kappa shape index (κ2) is 10.9. The van der Waals surface area contributed by atoms with Gasteiger partial charge in [-0.15, -0.1) is 0 Å². The predicted octanol–water partition coefficient (Wildman–Crippen LogP) is 3.50. The quantitative estimate of drug-likeness (QED) is 0.262. The Kier molecular flexibility index (Phi) is 7.72. The molecule has 0 atom stereocenters. The molecule has 0 aliphatic carbocycles. The van der Waals surface area contributed by atoms with Crippen molar-refractivity contribution in [3.8, 4) is 0 Å². The van der Waals surface area contributed by atoms with Crippen molar-refractivity contribution < 1.29 is 18.8 Å². The molecule has 0 saturated carbocycles. The molecule has 4 N–H and O–H groups in total. The van der Waals surface area contributed by atoms with Crippen LogP contribution in [0.2, 0.25) is 0 Å². The van der Waals surface area contributed by atoms with Crippen LogP contribution in [0.15, 0.2) is 71.2 Å². The number of furan rings is 1. The van der Waals surface area contributed by atoms with Crippen LogP contribution in [0.4, 0.5) is 5.69 Å². The third kappa shape index (κ3) is 6.88. The van der Waals surface area contributed by atoms with Gasteiger partial charge in [0.15, 0.2) is 5.11 Å². The molecule has 3 amide bonds.